The van der Waals surface area contributed by atoms with Crippen molar-refractivity contribution in [3.8, 4) is 0 Å². The molecule has 0 aliphatic heterocycles. The first-order valence-electron chi connectivity index (χ1n) is 6.48. The van der Waals surface area contributed by atoms with Gasteiger partial charge in [-0.1, -0.05) is 26.7 Å². The smallest absolute Gasteiger partial charge is 0.0771 e. The second kappa shape index (κ2) is 5.86. The highest BCUT2D eigenvalue weighted by molar-refractivity contribution is 4.86. The molecule has 1 saturated carbocycles. The second-order valence-corrected chi connectivity index (χ2v) is 5.68. The molecule has 0 heterocycles. The molecule has 15 heavy (non-hydrogen) atoms. The van der Waals surface area contributed by atoms with Crippen molar-refractivity contribution in [3.63, 3.8) is 0 Å². The zero-order valence-corrected chi connectivity index (χ0v) is 10.6. The maximum atomic E-state index is 10.2. The number of hydrogen-bond donors (Lipinski definition) is 2. The van der Waals surface area contributed by atoms with E-state index in [1.54, 1.807) is 0 Å². The lowest BCUT2D eigenvalue weighted by Crippen LogP contribution is -2.41. The van der Waals surface area contributed by atoms with Gasteiger partial charge in [-0.25, -0.2) is 0 Å². The van der Waals surface area contributed by atoms with E-state index in [-0.39, 0.29) is 0 Å². The SMILES string of the molecule is CC(C)CCC(C)NCC1(O)CCCC1. The number of nitrogens with one attached hydrogen (secondary N) is 1. The maximum absolute atomic E-state index is 10.2. The van der Waals surface area contributed by atoms with Gasteiger partial charge in [0.15, 0.2) is 0 Å². The molecule has 0 amide bonds. The summed E-state index contributed by atoms with van der Waals surface area (Å²) in [6.07, 6.45) is 6.84. The molecular formula is C13H27NO. The Bertz CT molecular complexity index is 173. The quantitative estimate of drug-likeness (QED) is 0.711. The monoisotopic (exact) mass is 213 g/mol. The minimum absolute atomic E-state index is 0.397. The van der Waals surface area contributed by atoms with E-state index in [4.69, 9.17) is 0 Å². The molecule has 0 bridgehead atoms. The van der Waals surface area contributed by atoms with Crippen molar-refractivity contribution in [2.24, 2.45) is 5.92 Å². The molecular weight excluding hydrogens is 186 g/mol. The van der Waals surface area contributed by atoms with Gasteiger partial charge in [-0.05, 0) is 38.5 Å². The lowest BCUT2D eigenvalue weighted by atomic mass is 10.0. The van der Waals surface area contributed by atoms with Crippen molar-refractivity contribution in [2.75, 3.05) is 6.54 Å². The summed E-state index contributed by atoms with van der Waals surface area (Å²) in [6, 6.07) is 0.539. The third-order valence-electron chi connectivity index (χ3n) is 3.49. The van der Waals surface area contributed by atoms with Crippen LogP contribution >= 0.6 is 0 Å². The predicted molar refractivity (Wildman–Crippen MR) is 65.0 cm³/mol. The molecule has 2 N–H and O–H groups in total. The van der Waals surface area contributed by atoms with E-state index < -0.39 is 5.60 Å². The van der Waals surface area contributed by atoms with Gasteiger partial charge in [0.05, 0.1) is 5.60 Å². The van der Waals surface area contributed by atoms with Crippen LogP contribution in [-0.2, 0) is 0 Å². The van der Waals surface area contributed by atoms with Crippen LogP contribution in [0.25, 0.3) is 0 Å². The van der Waals surface area contributed by atoms with Crippen LogP contribution < -0.4 is 5.32 Å². The topological polar surface area (TPSA) is 32.3 Å². The molecule has 1 rings (SSSR count). The van der Waals surface area contributed by atoms with Gasteiger partial charge in [-0.15, -0.1) is 0 Å². The Labute approximate surface area is 94.5 Å². The van der Waals surface area contributed by atoms with Crippen molar-refractivity contribution in [1.82, 2.24) is 5.32 Å². The summed E-state index contributed by atoms with van der Waals surface area (Å²) in [5, 5.41) is 13.6. The van der Waals surface area contributed by atoms with Gasteiger partial charge in [0.2, 0.25) is 0 Å². The minimum atomic E-state index is -0.397. The molecule has 0 spiro atoms. The van der Waals surface area contributed by atoms with Crippen molar-refractivity contribution < 1.29 is 5.11 Å². The Morgan fingerprint density at radius 3 is 2.27 bits per heavy atom. The van der Waals surface area contributed by atoms with Crippen LogP contribution in [0.15, 0.2) is 0 Å². The van der Waals surface area contributed by atoms with Crippen LogP contribution in [0.4, 0.5) is 0 Å². The van der Waals surface area contributed by atoms with Crippen molar-refractivity contribution in [1.29, 1.82) is 0 Å². The van der Waals surface area contributed by atoms with Gasteiger partial charge >= 0.3 is 0 Å². The summed E-state index contributed by atoms with van der Waals surface area (Å²) in [7, 11) is 0. The molecule has 0 aromatic carbocycles. The standard InChI is InChI=1S/C13H27NO/c1-11(2)6-7-12(3)14-10-13(15)8-4-5-9-13/h11-12,14-15H,4-10H2,1-3H3. The van der Waals surface area contributed by atoms with E-state index in [9.17, 15) is 5.11 Å². The first-order valence-corrected chi connectivity index (χ1v) is 6.48. The average Bonchev–Trinajstić information content (AvgIpc) is 2.60. The summed E-state index contributed by atoms with van der Waals surface area (Å²) in [5.74, 6) is 0.781. The number of hydrogen-bond acceptors (Lipinski definition) is 2. The van der Waals surface area contributed by atoms with Gasteiger partial charge in [-0.3, -0.25) is 0 Å². The molecule has 2 nitrogen and oxygen atoms in total. The van der Waals surface area contributed by atoms with E-state index >= 15 is 0 Å². The molecule has 1 atom stereocenters. The molecule has 1 aliphatic rings. The highest BCUT2D eigenvalue weighted by atomic mass is 16.3. The van der Waals surface area contributed by atoms with Crippen LogP contribution in [-0.4, -0.2) is 23.3 Å². The van der Waals surface area contributed by atoms with Gasteiger partial charge in [0.25, 0.3) is 0 Å². The molecule has 0 aromatic heterocycles. The van der Waals surface area contributed by atoms with Crippen LogP contribution in [0.2, 0.25) is 0 Å². The molecule has 90 valence electrons. The van der Waals surface area contributed by atoms with Gasteiger partial charge in [0, 0.05) is 12.6 Å². The molecule has 1 fully saturated rings. The molecule has 0 aromatic rings. The lowest BCUT2D eigenvalue weighted by molar-refractivity contribution is 0.0449. The summed E-state index contributed by atoms with van der Waals surface area (Å²) in [6.45, 7) is 7.53. The van der Waals surface area contributed by atoms with E-state index in [0.29, 0.717) is 6.04 Å². The summed E-state index contributed by atoms with van der Waals surface area (Å²) in [4.78, 5) is 0. The fraction of sp³-hybridized carbons (Fsp3) is 1.00. The molecule has 0 saturated heterocycles. The van der Waals surface area contributed by atoms with Crippen molar-refractivity contribution in [3.05, 3.63) is 0 Å². The average molecular weight is 213 g/mol. The van der Waals surface area contributed by atoms with E-state index in [1.807, 2.05) is 0 Å². The fourth-order valence-corrected chi connectivity index (χ4v) is 2.26. The summed E-state index contributed by atoms with van der Waals surface area (Å²) < 4.78 is 0. The van der Waals surface area contributed by atoms with E-state index in [1.165, 1.54) is 25.7 Å². The van der Waals surface area contributed by atoms with Crippen LogP contribution in [0.3, 0.4) is 0 Å². The third-order valence-corrected chi connectivity index (χ3v) is 3.49. The fourth-order valence-electron chi connectivity index (χ4n) is 2.26. The van der Waals surface area contributed by atoms with Gasteiger partial charge in [0.1, 0.15) is 0 Å². The highest BCUT2D eigenvalue weighted by Crippen LogP contribution is 2.28. The first-order chi connectivity index (χ1) is 7.02. The maximum Gasteiger partial charge on any atom is 0.0771 e. The van der Waals surface area contributed by atoms with E-state index in [0.717, 1.165) is 25.3 Å². The second-order valence-electron chi connectivity index (χ2n) is 5.68. The Balaban J connectivity index is 2.13. The number of aliphatic hydroxyl groups is 1. The zero-order valence-electron chi connectivity index (χ0n) is 10.6. The van der Waals surface area contributed by atoms with Crippen LogP contribution in [0.1, 0.15) is 59.3 Å². The van der Waals surface area contributed by atoms with Crippen molar-refractivity contribution >= 4 is 0 Å². The van der Waals surface area contributed by atoms with Crippen LogP contribution in [0, 0.1) is 5.92 Å². The molecule has 1 aliphatic carbocycles. The largest absolute Gasteiger partial charge is 0.389 e. The Morgan fingerprint density at radius 1 is 1.13 bits per heavy atom. The van der Waals surface area contributed by atoms with Gasteiger partial charge in [-0.2, -0.15) is 0 Å². The Morgan fingerprint density at radius 2 is 1.73 bits per heavy atom. The third kappa shape index (κ3) is 4.98. The van der Waals surface area contributed by atoms with E-state index in [2.05, 4.69) is 26.1 Å². The summed E-state index contributed by atoms with van der Waals surface area (Å²) >= 11 is 0. The molecule has 1 unspecified atom stereocenters. The number of rotatable bonds is 6. The Hall–Kier alpha value is -0.0800. The molecule has 2 heteroatoms. The van der Waals surface area contributed by atoms with Gasteiger partial charge < -0.3 is 10.4 Å². The Kier molecular flexibility index (Phi) is 5.07. The van der Waals surface area contributed by atoms with Crippen molar-refractivity contribution in [2.45, 2.75) is 70.9 Å². The van der Waals surface area contributed by atoms with Crippen LogP contribution in [0.5, 0.6) is 0 Å². The predicted octanol–water partition coefficient (Wildman–Crippen LogP) is 2.71. The molecule has 0 radical (unpaired) electrons. The zero-order chi connectivity index (χ0) is 11.3. The lowest BCUT2D eigenvalue weighted by Gasteiger charge is -2.25. The highest BCUT2D eigenvalue weighted by Gasteiger charge is 2.30. The first kappa shape index (κ1) is 13.0. The normalized spacial score (nSPS) is 22.2. The summed E-state index contributed by atoms with van der Waals surface area (Å²) in [5.41, 5.74) is -0.397. The minimum Gasteiger partial charge on any atom is -0.389 e.